The van der Waals surface area contributed by atoms with Crippen molar-refractivity contribution in [2.75, 3.05) is 37.7 Å². The highest BCUT2D eigenvalue weighted by atomic mass is 32.2. The second kappa shape index (κ2) is 16.8. The molecule has 0 saturated heterocycles. The summed E-state index contributed by atoms with van der Waals surface area (Å²) in [7, 11) is -7.43. The van der Waals surface area contributed by atoms with Gasteiger partial charge in [-0.3, -0.25) is 19.6 Å². The Morgan fingerprint density at radius 3 is 1.57 bits per heavy atom. The molecule has 14 heteroatoms. The molecular weight excluding hydrogens is 669 g/mol. The standard InChI is InChI=1S/C14H18N4.C12H10O4S.C9H10O4S/c1-7-15-13(16-8-1)11-3-5-12(6-4-11)14-17-9-2-10-18-14;13-12(14)8-17(15,16)11-6-5-9-3-1-2-4-10(9)7-11;1-7-3-2-4-8(5-7)14(12,13)6-9(10)11/h3-6H,1-2,7-10H2,(H,15,16)(H,17,18);1-7H,8H2,(H,13,14);2-5H,6H2,1H3,(H,10,11). The highest BCUT2D eigenvalue weighted by Gasteiger charge is 2.19. The van der Waals surface area contributed by atoms with E-state index in [1.54, 1.807) is 37.3 Å². The molecule has 0 bridgehead atoms. The summed E-state index contributed by atoms with van der Waals surface area (Å²) in [5, 5.41) is 25.3. The van der Waals surface area contributed by atoms with Gasteiger partial charge in [-0.15, -0.1) is 0 Å². The molecule has 6 rings (SSSR count). The number of hydrogen-bond acceptors (Lipinski definition) is 10. The lowest BCUT2D eigenvalue weighted by Crippen LogP contribution is -2.31. The van der Waals surface area contributed by atoms with E-state index in [0.717, 1.165) is 78.2 Å². The third kappa shape index (κ3) is 11.0. The molecule has 0 aromatic heterocycles. The second-order valence-electron chi connectivity index (χ2n) is 11.2. The van der Waals surface area contributed by atoms with Crippen LogP contribution in [0.15, 0.2) is 111 Å². The van der Waals surface area contributed by atoms with E-state index in [1.807, 2.05) is 12.1 Å². The zero-order valence-electron chi connectivity index (χ0n) is 26.9. The number of aliphatic carboxylic acids is 2. The first kappa shape index (κ1) is 36.8. The van der Waals surface area contributed by atoms with Crippen LogP contribution in [0.1, 0.15) is 29.5 Å². The van der Waals surface area contributed by atoms with Crippen molar-refractivity contribution in [1.29, 1.82) is 0 Å². The summed E-state index contributed by atoms with van der Waals surface area (Å²) in [6.45, 7) is 5.65. The third-order valence-electron chi connectivity index (χ3n) is 7.28. The predicted octanol–water partition coefficient (Wildman–Crippen LogP) is 3.72. The van der Waals surface area contributed by atoms with Crippen molar-refractivity contribution < 1.29 is 36.6 Å². The Labute approximate surface area is 285 Å². The Morgan fingerprint density at radius 2 is 1.12 bits per heavy atom. The van der Waals surface area contributed by atoms with Gasteiger partial charge in [0, 0.05) is 37.3 Å². The van der Waals surface area contributed by atoms with Gasteiger partial charge in [0.25, 0.3) is 0 Å². The Balaban J connectivity index is 0.000000167. The summed E-state index contributed by atoms with van der Waals surface area (Å²) in [5.74, 6) is -2.40. The fourth-order valence-corrected chi connectivity index (χ4v) is 7.12. The molecular formula is C35H38N4O8S2. The van der Waals surface area contributed by atoms with E-state index in [4.69, 9.17) is 10.2 Å². The predicted molar refractivity (Wildman–Crippen MR) is 189 cm³/mol. The van der Waals surface area contributed by atoms with Gasteiger partial charge in [0.1, 0.15) is 11.7 Å². The van der Waals surface area contributed by atoms with E-state index < -0.39 is 43.1 Å². The van der Waals surface area contributed by atoms with Crippen molar-refractivity contribution in [3.63, 3.8) is 0 Å². The number of sulfone groups is 2. The molecule has 0 aliphatic carbocycles. The lowest BCUT2D eigenvalue weighted by Gasteiger charge is -2.17. The summed E-state index contributed by atoms with van der Waals surface area (Å²) in [6, 6.07) is 26.6. The molecule has 2 aliphatic rings. The van der Waals surface area contributed by atoms with Gasteiger partial charge < -0.3 is 20.8 Å². The topological polar surface area (TPSA) is 192 Å². The van der Waals surface area contributed by atoms with Crippen LogP contribution in [0.2, 0.25) is 0 Å². The van der Waals surface area contributed by atoms with Crippen molar-refractivity contribution in [2.24, 2.45) is 9.98 Å². The molecule has 4 N–H and O–H groups in total. The molecule has 12 nitrogen and oxygen atoms in total. The fourth-order valence-electron chi connectivity index (χ4n) is 4.90. The van der Waals surface area contributed by atoms with Gasteiger partial charge in [-0.25, -0.2) is 16.8 Å². The van der Waals surface area contributed by atoms with Crippen LogP contribution < -0.4 is 10.6 Å². The van der Waals surface area contributed by atoms with Crippen LogP contribution in [-0.4, -0.2) is 88.3 Å². The SMILES string of the molecule is Cc1cccc(S(=O)(=O)CC(=O)O)c1.O=C(O)CS(=O)(=O)c1ccc2ccccc2c1.c1cc(C2=NCCCN2)ccc1C1=NCCCN1. The summed E-state index contributed by atoms with van der Waals surface area (Å²) in [6.07, 6.45) is 2.25. The Morgan fingerprint density at radius 1 is 0.633 bits per heavy atom. The van der Waals surface area contributed by atoms with Crippen LogP contribution >= 0.6 is 0 Å². The first-order valence-electron chi connectivity index (χ1n) is 15.5. The zero-order chi connectivity index (χ0) is 35.4. The van der Waals surface area contributed by atoms with Crippen LogP contribution in [0.25, 0.3) is 10.8 Å². The van der Waals surface area contributed by atoms with Crippen molar-refractivity contribution in [1.82, 2.24) is 10.6 Å². The number of hydrogen-bond donors (Lipinski definition) is 4. The molecule has 0 unspecified atom stereocenters. The van der Waals surface area contributed by atoms with E-state index in [1.165, 1.54) is 24.3 Å². The third-order valence-corrected chi connectivity index (χ3v) is 10.5. The number of aryl methyl sites for hydroxylation is 1. The molecule has 0 radical (unpaired) electrons. The number of nitrogens with one attached hydrogen (secondary N) is 2. The van der Waals surface area contributed by atoms with Crippen LogP contribution in [0.5, 0.6) is 0 Å². The highest BCUT2D eigenvalue weighted by Crippen LogP contribution is 2.20. The second-order valence-corrected chi connectivity index (χ2v) is 15.2. The van der Waals surface area contributed by atoms with E-state index in [0.29, 0.717) is 0 Å². The molecule has 49 heavy (non-hydrogen) atoms. The van der Waals surface area contributed by atoms with Gasteiger partial charge in [-0.05, 0) is 60.4 Å². The first-order chi connectivity index (χ1) is 23.3. The van der Waals surface area contributed by atoms with Gasteiger partial charge >= 0.3 is 11.9 Å². The Kier molecular flexibility index (Phi) is 12.6. The quantitative estimate of drug-likeness (QED) is 0.210. The van der Waals surface area contributed by atoms with Crippen LogP contribution in [0.4, 0.5) is 0 Å². The van der Waals surface area contributed by atoms with E-state index in [2.05, 4.69) is 44.9 Å². The van der Waals surface area contributed by atoms with Crippen LogP contribution in [0.3, 0.4) is 0 Å². The largest absolute Gasteiger partial charge is 0.480 e. The molecule has 4 aromatic rings. The van der Waals surface area contributed by atoms with E-state index in [-0.39, 0.29) is 9.79 Å². The molecule has 0 spiro atoms. The minimum atomic E-state index is -3.75. The average molecular weight is 707 g/mol. The van der Waals surface area contributed by atoms with Crippen molar-refractivity contribution >= 4 is 54.1 Å². The average Bonchev–Trinajstić information content (AvgIpc) is 3.08. The van der Waals surface area contributed by atoms with Gasteiger partial charge in [0.05, 0.1) is 9.79 Å². The maximum atomic E-state index is 11.7. The highest BCUT2D eigenvalue weighted by molar-refractivity contribution is 7.92. The molecule has 258 valence electrons. The number of carboxylic acids is 2. The molecule has 0 amide bonds. The number of carboxylic acid groups (broad SMARTS) is 2. The minimum Gasteiger partial charge on any atom is -0.480 e. The molecule has 0 saturated carbocycles. The van der Waals surface area contributed by atoms with E-state index in [9.17, 15) is 26.4 Å². The van der Waals surface area contributed by atoms with Gasteiger partial charge in [-0.1, -0.05) is 66.7 Å². The molecule has 0 atom stereocenters. The number of carbonyl (C=O) groups is 2. The van der Waals surface area contributed by atoms with E-state index >= 15 is 0 Å². The molecule has 4 aromatic carbocycles. The Bertz CT molecular complexity index is 2030. The van der Waals surface area contributed by atoms with Gasteiger partial charge in [-0.2, -0.15) is 0 Å². The zero-order valence-corrected chi connectivity index (χ0v) is 28.5. The summed E-state index contributed by atoms with van der Waals surface area (Å²) in [5.41, 5.74) is 3.11. The number of nitrogens with zero attached hydrogens (tertiary/aromatic N) is 2. The Hall–Kier alpha value is -5.08. The summed E-state index contributed by atoms with van der Waals surface area (Å²) in [4.78, 5) is 29.9. The summed E-state index contributed by atoms with van der Waals surface area (Å²) < 4.78 is 46.2. The maximum absolute atomic E-state index is 11.7. The van der Waals surface area contributed by atoms with Crippen molar-refractivity contribution in [3.8, 4) is 0 Å². The van der Waals surface area contributed by atoms with Crippen LogP contribution in [-0.2, 0) is 29.3 Å². The van der Waals surface area contributed by atoms with Crippen molar-refractivity contribution in [2.45, 2.75) is 29.6 Å². The van der Waals surface area contributed by atoms with Gasteiger partial charge in [0.2, 0.25) is 0 Å². The maximum Gasteiger partial charge on any atom is 0.319 e. The van der Waals surface area contributed by atoms with Gasteiger partial charge in [0.15, 0.2) is 31.2 Å². The molecule has 2 heterocycles. The number of amidine groups is 2. The number of benzene rings is 4. The molecule has 0 fully saturated rings. The lowest BCUT2D eigenvalue weighted by molar-refractivity contribution is -0.135. The number of fused-ring (bicyclic) bond motifs is 1. The minimum absolute atomic E-state index is 0.0404. The number of rotatable bonds is 8. The first-order valence-corrected chi connectivity index (χ1v) is 18.8. The van der Waals surface area contributed by atoms with Crippen molar-refractivity contribution in [3.05, 3.63) is 108 Å². The number of aliphatic imine (C=N–C) groups is 2. The normalized spacial score (nSPS) is 14.3. The fraction of sp³-hybridized carbons (Fsp3) is 0.257. The lowest BCUT2D eigenvalue weighted by atomic mass is 10.1. The van der Waals surface area contributed by atoms with Crippen LogP contribution in [0, 0.1) is 6.92 Å². The summed E-state index contributed by atoms with van der Waals surface area (Å²) >= 11 is 0. The smallest absolute Gasteiger partial charge is 0.319 e. The monoisotopic (exact) mass is 706 g/mol. The molecule has 2 aliphatic heterocycles.